The Morgan fingerprint density at radius 3 is 2.08 bits per heavy atom. The van der Waals surface area contributed by atoms with Crippen LogP contribution in [0.5, 0.6) is 0 Å². The van der Waals surface area contributed by atoms with Gasteiger partial charge in [0.15, 0.2) is 0 Å². The van der Waals surface area contributed by atoms with Crippen molar-refractivity contribution in [3.05, 3.63) is 58.6 Å². The van der Waals surface area contributed by atoms with E-state index in [2.05, 4.69) is 5.32 Å². The summed E-state index contributed by atoms with van der Waals surface area (Å²) in [6.45, 7) is 5.33. The molecule has 0 bridgehead atoms. The van der Waals surface area contributed by atoms with Gasteiger partial charge in [-0.15, -0.1) is 0 Å². The molecule has 0 aromatic heterocycles. The van der Waals surface area contributed by atoms with Gasteiger partial charge in [0.05, 0.1) is 11.9 Å². The number of nitrogens with zero attached hydrogens (tertiary/aromatic N) is 1. The number of rotatable bonds is 5. The summed E-state index contributed by atoms with van der Waals surface area (Å²) in [5, 5.41) is 3.27. The topological polar surface area (TPSA) is 66.5 Å². The van der Waals surface area contributed by atoms with Crippen molar-refractivity contribution in [3.63, 3.8) is 0 Å². The van der Waals surface area contributed by atoms with Crippen LogP contribution in [0.3, 0.4) is 0 Å². The molecule has 0 aliphatic heterocycles. The molecule has 1 amide bonds. The normalized spacial score (nSPS) is 12.5. The van der Waals surface area contributed by atoms with Crippen molar-refractivity contribution in [1.82, 2.24) is 0 Å². The van der Waals surface area contributed by atoms with Crippen molar-refractivity contribution in [2.24, 2.45) is 0 Å². The maximum atomic E-state index is 12.6. The maximum Gasteiger partial charge on any atom is 0.247 e. The Labute approximate surface area is 153 Å². The Morgan fingerprint density at radius 1 is 1.08 bits per heavy atom. The first-order valence-corrected chi connectivity index (χ1v) is 9.94. The predicted octanol–water partition coefficient (Wildman–Crippen LogP) is 3.75. The Kier molecular flexibility index (Phi) is 5.75. The number of anilines is 2. The van der Waals surface area contributed by atoms with Crippen LogP contribution in [-0.2, 0) is 14.8 Å². The average Bonchev–Trinajstić information content (AvgIpc) is 2.47. The third-order valence-corrected chi connectivity index (χ3v) is 5.15. The largest absolute Gasteiger partial charge is 0.324 e. The molecule has 2 rings (SSSR count). The van der Waals surface area contributed by atoms with Crippen molar-refractivity contribution in [2.75, 3.05) is 15.9 Å². The van der Waals surface area contributed by atoms with Crippen molar-refractivity contribution in [2.45, 2.75) is 26.8 Å². The molecule has 2 aromatic carbocycles. The minimum absolute atomic E-state index is 0.424. The second-order valence-electron chi connectivity index (χ2n) is 6.08. The zero-order valence-electron chi connectivity index (χ0n) is 14.6. The van der Waals surface area contributed by atoms with E-state index in [1.807, 2.05) is 19.9 Å². The molecule has 0 fully saturated rings. The van der Waals surface area contributed by atoms with Gasteiger partial charge in [0.2, 0.25) is 15.9 Å². The van der Waals surface area contributed by atoms with Gasteiger partial charge in [0, 0.05) is 10.7 Å². The second-order valence-corrected chi connectivity index (χ2v) is 8.37. The van der Waals surface area contributed by atoms with E-state index < -0.39 is 22.0 Å². The molecular weight excluding hydrogens is 360 g/mol. The standard InChI is InChI=1S/C18H21ClN2O3S/c1-12-9-13(2)11-17(10-12)21(25(4,23)24)14(3)18(22)20-16-7-5-15(19)6-8-16/h5-11,14H,1-4H3,(H,20,22)/t14-/m0/s1. The van der Waals surface area contributed by atoms with E-state index in [0.29, 0.717) is 16.4 Å². The highest BCUT2D eigenvalue weighted by Gasteiger charge is 2.29. The molecule has 134 valence electrons. The molecule has 2 aromatic rings. The van der Waals surface area contributed by atoms with Gasteiger partial charge in [-0.25, -0.2) is 8.42 Å². The molecule has 5 nitrogen and oxygen atoms in total. The highest BCUT2D eigenvalue weighted by molar-refractivity contribution is 7.92. The van der Waals surface area contributed by atoms with Crippen LogP contribution >= 0.6 is 11.6 Å². The van der Waals surface area contributed by atoms with E-state index in [1.165, 1.54) is 0 Å². The molecular formula is C18H21ClN2O3S. The number of sulfonamides is 1. The first-order valence-electron chi connectivity index (χ1n) is 7.72. The van der Waals surface area contributed by atoms with Crippen molar-refractivity contribution < 1.29 is 13.2 Å². The van der Waals surface area contributed by atoms with E-state index in [9.17, 15) is 13.2 Å². The third kappa shape index (κ3) is 4.96. The summed E-state index contributed by atoms with van der Waals surface area (Å²) in [4.78, 5) is 12.6. The number of carbonyl (C=O) groups is 1. The van der Waals surface area contributed by atoms with Gasteiger partial charge in [-0.1, -0.05) is 17.7 Å². The Balaban J connectivity index is 2.34. The molecule has 0 radical (unpaired) electrons. The lowest BCUT2D eigenvalue weighted by Gasteiger charge is -2.28. The van der Waals surface area contributed by atoms with E-state index in [4.69, 9.17) is 11.6 Å². The van der Waals surface area contributed by atoms with Crippen LogP contribution in [0.15, 0.2) is 42.5 Å². The molecule has 0 saturated heterocycles. The van der Waals surface area contributed by atoms with Crippen molar-refractivity contribution in [1.29, 1.82) is 0 Å². The van der Waals surface area contributed by atoms with Gasteiger partial charge in [-0.3, -0.25) is 9.10 Å². The molecule has 1 N–H and O–H groups in total. The van der Waals surface area contributed by atoms with E-state index in [-0.39, 0.29) is 0 Å². The zero-order valence-corrected chi connectivity index (χ0v) is 16.1. The SMILES string of the molecule is Cc1cc(C)cc(N([C@@H](C)C(=O)Nc2ccc(Cl)cc2)S(C)(=O)=O)c1. The molecule has 7 heteroatoms. The lowest BCUT2D eigenvalue weighted by molar-refractivity contribution is -0.116. The number of nitrogens with one attached hydrogen (secondary N) is 1. The van der Waals surface area contributed by atoms with Gasteiger partial charge >= 0.3 is 0 Å². The van der Waals surface area contributed by atoms with E-state index >= 15 is 0 Å². The molecule has 0 heterocycles. The Morgan fingerprint density at radius 2 is 1.60 bits per heavy atom. The fourth-order valence-electron chi connectivity index (χ4n) is 2.67. The van der Waals surface area contributed by atoms with Gasteiger partial charge < -0.3 is 5.32 Å². The van der Waals surface area contributed by atoms with Crippen molar-refractivity contribution in [3.8, 4) is 0 Å². The van der Waals surface area contributed by atoms with Crippen LogP contribution in [0.2, 0.25) is 5.02 Å². The fourth-order valence-corrected chi connectivity index (χ4v) is 3.95. The van der Waals surface area contributed by atoms with E-state index in [1.54, 1.807) is 43.3 Å². The summed E-state index contributed by atoms with van der Waals surface area (Å²) >= 11 is 5.83. The number of carbonyl (C=O) groups excluding carboxylic acids is 1. The fraction of sp³-hybridized carbons (Fsp3) is 0.278. The predicted molar refractivity (Wildman–Crippen MR) is 103 cm³/mol. The summed E-state index contributed by atoms with van der Waals surface area (Å²) in [5.74, 6) is -0.424. The van der Waals surface area contributed by atoms with Gasteiger partial charge in [0.1, 0.15) is 6.04 Å². The van der Waals surface area contributed by atoms with E-state index in [0.717, 1.165) is 21.7 Å². The second kappa shape index (κ2) is 7.45. The number of aryl methyl sites for hydroxylation is 2. The first kappa shape index (κ1) is 19.3. The van der Waals surface area contributed by atoms with Gasteiger partial charge in [-0.2, -0.15) is 0 Å². The molecule has 0 aliphatic carbocycles. The van der Waals surface area contributed by atoms with Gasteiger partial charge in [-0.05, 0) is 68.3 Å². The number of halogens is 1. The Bertz CT molecular complexity index is 859. The summed E-state index contributed by atoms with van der Waals surface area (Å²) in [6.07, 6.45) is 1.09. The summed E-state index contributed by atoms with van der Waals surface area (Å²) in [6, 6.07) is 11.2. The number of hydrogen-bond donors (Lipinski definition) is 1. The zero-order chi connectivity index (χ0) is 18.8. The Hall–Kier alpha value is -2.05. The lowest BCUT2D eigenvalue weighted by Crippen LogP contribution is -2.45. The van der Waals surface area contributed by atoms with Crippen molar-refractivity contribution >= 4 is 38.9 Å². The van der Waals surface area contributed by atoms with Crippen LogP contribution in [-0.4, -0.2) is 26.6 Å². The molecule has 0 aliphatic rings. The monoisotopic (exact) mass is 380 g/mol. The minimum Gasteiger partial charge on any atom is -0.324 e. The molecule has 0 unspecified atom stereocenters. The van der Waals surface area contributed by atoms with Crippen LogP contribution < -0.4 is 9.62 Å². The summed E-state index contributed by atoms with van der Waals surface area (Å²) in [7, 11) is -3.64. The third-order valence-electron chi connectivity index (χ3n) is 3.66. The quantitative estimate of drug-likeness (QED) is 0.858. The number of benzene rings is 2. The highest BCUT2D eigenvalue weighted by Crippen LogP contribution is 2.24. The summed E-state index contributed by atoms with van der Waals surface area (Å²) in [5.41, 5.74) is 2.87. The number of hydrogen-bond acceptors (Lipinski definition) is 3. The smallest absolute Gasteiger partial charge is 0.247 e. The molecule has 0 saturated carbocycles. The van der Waals surface area contributed by atoms with Crippen LogP contribution in [0.25, 0.3) is 0 Å². The molecule has 0 spiro atoms. The molecule has 1 atom stereocenters. The summed E-state index contributed by atoms with van der Waals surface area (Å²) < 4.78 is 25.8. The number of amides is 1. The lowest BCUT2D eigenvalue weighted by atomic mass is 10.1. The average molecular weight is 381 g/mol. The van der Waals surface area contributed by atoms with Crippen LogP contribution in [0.1, 0.15) is 18.1 Å². The first-order chi connectivity index (χ1) is 11.6. The van der Waals surface area contributed by atoms with Crippen LogP contribution in [0, 0.1) is 13.8 Å². The highest BCUT2D eigenvalue weighted by atomic mass is 35.5. The molecule has 25 heavy (non-hydrogen) atoms. The maximum absolute atomic E-state index is 12.6. The van der Waals surface area contributed by atoms with Crippen LogP contribution in [0.4, 0.5) is 11.4 Å². The minimum atomic E-state index is -3.64. The van der Waals surface area contributed by atoms with Gasteiger partial charge in [0.25, 0.3) is 0 Å².